The standard InChI is InChI=1S/C11H16O2S/c1-9-5-10(7-14-9)6-11(8-12)3-2-4-13-11/h5,7,12H,2-4,6,8H2,1H3. The van der Waals surface area contributed by atoms with E-state index >= 15 is 0 Å². The molecule has 2 nitrogen and oxygen atoms in total. The summed E-state index contributed by atoms with van der Waals surface area (Å²) in [5, 5.41) is 11.5. The van der Waals surface area contributed by atoms with E-state index in [2.05, 4.69) is 18.4 Å². The van der Waals surface area contributed by atoms with Gasteiger partial charge in [-0.25, -0.2) is 0 Å². The van der Waals surface area contributed by atoms with Crippen molar-refractivity contribution in [3.63, 3.8) is 0 Å². The van der Waals surface area contributed by atoms with Crippen LogP contribution in [0.5, 0.6) is 0 Å². The smallest absolute Gasteiger partial charge is 0.0953 e. The molecule has 3 heteroatoms. The second-order valence-electron chi connectivity index (χ2n) is 4.04. The zero-order valence-corrected chi connectivity index (χ0v) is 9.27. The highest BCUT2D eigenvalue weighted by molar-refractivity contribution is 7.10. The van der Waals surface area contributed by atoms with Gasteiger partial charge in [-0.2, -0.15) is 0 Å². The minimum absolute atomic E-state index is 0.141. The third kappa shape index (κ3) is 2.00. The quantitative estimate of drug-likeness (QED) is 0.831. The Morgan fingerprint density at radius 2 is 2.50 bits per heavy atom. The molecule has 0 radical (unpaired) electrons. The molecule has 2 rings (SSSR count). The number of thiophene rings is 1. The van der Waals surface area contributed by atoms with E-state index in [0.29, 0.717) is 0 Å². The molecule has 1 atom stereocenters. The van der Waals surface area contributed by atoms with Gasteiger partial charge in [-0.15, -0.1) is 11.3 Å². The van der Waals surface area contributed by atoms with E-state index in [-0.39, 0.29) is 12.2 Å². The molecule has 0 spiro atoms. The summed E-state index contributed by atoms with van der Waals surface area (Å²) in [6.07, 6.45) is 2.91. The van der Waals surface area contributed by atoms with E-state index in [4.69, 9.17) is 4.74 Å². The highest BCUT2D eigenvalue weighted by Crippen LogP contribution is 2.30. The number of aryl methyl sites for hydroxylation is 1. The lowest BCUT2D eigenvalue weighted by atomic mass is 9.94. The molecule has 1 aliphatic heterocycles. The topological polar surface area (TPSA) is 29.5 Å². The van der Waals surface area contributed by atoms with E-state index in [1.54, 1.807) is 11.3 Å². The Morgan fingerprint density at radius 3 is 3.00 bits per heavy atom. The molecule has 1 aliphatic rings. The first-order chi connectivity index (χ1) is 6.74. The van der Waals surface area contributed by atoms with Crippen LogP contribution in [0.4, 0.5) is 0 Å². The Hall–Kier alpha value is -0.380. The molecule has 1 fully saturated rings. The van der Waals surface area contributed by atoms with Crippen LogP contribution in [0.1, 0.15) is 23.3 Å². The van der Waals surface area contributed by atoms with Crippen molar-refractivity contribution in [1.82, 2.24) is 0 Å². The summed E-state index contributed by atoms with van der Waals surface area (Å²) in [7, 11) is 0. The fourth-order valence-corrected chi connectivity index (χ4v) is 2.75. The van der Waals surface area contributed by atoms with Crippen LogP contribution in [0.15, 0.2) is 11.4 Å². The molecule has 0 saturated carbocycles. The third-order valence-electron chi connectivity index (χ3n) is 2.78. The summed E-state index contributed by atoms with van der Waals surface area (Å²) >= 11 is 1.76. The number of aliphatic hydroxyl groups is 1. The molecular formula is C11H16O2S. The fourth-order valence-electron chi connectivity index (χ4n) is 2.04. The predicted octanol–water partition coefficient (Wildman–Crippen LogP) is 2.14. The Balaban J connectivity index is 2.08. The van der Waals surface area contributed by atoms with Crippen molar-refractivity contribution in [2.45, 2.75) is 31.8 Å². The maximum Gasteiger partial charge on any atom is 0.0953 e. The normalized spacial score (nSPS) is 27.0. The van der Waals surface area contributed by atoms with E-state index in [0.717, 1.165) is 25.9 Å². The van der Waals surface area contributed by atoms with Crippen LogP contribution < -0.4 is 0 Å². The molecule has 0 aromatic carbocycles. The van der Waals surface area contributed by atoms with Crippen molar-refractivity contribution in [3.8, 4) is 0 Å². The molecule has 0 amide bonds. The Labute approximate surface area is 88.5 Å². The Kier molecular flexibility index (Phi) is 2.91. The molecule has 1 aromatic rings. The van der Waals surface area contributed by atoms with Gasteiger partial charge in [0, 0.05) is 17.9 Å². The molecule has 2 heterocycles. The molecule has 1 saturated heterocycles. The maximum atomic E-state index is 9.36. The fraction of sp³-hybridized carbons (Fsp3) is 0.636. The Morgan fingerprint density at radius 1 is 1.64 bits per heavy atom. The minimum atomic E-state index is -0.284. The zero-order chi connectivity index (χ0) is 10.0. The van der Waals surface area contributed by atoms with Gasteiger partial charge in [-0.3, -0.25) is 0 Å². The van der Waals surface area contributed by atoms with Crippen molar-refractivity contribution < 1.29 is 9.84 Å². The second kappa shape index (κ2) is 4.01. The van der Waals surface area contributed by atoms with Crippen LogP contribution in [-0.2, 0) is 11.2 Å². The highest BCUT2D eigenvalue weighted by Gasteiger charge is 2.34. The van der Waals surface area contributed by atoms with Gasteiger partial charge in [-0.05, 0) is 36.8 Å². The van der Waals surface area contributed by atoms with Gasteiger partial charge < -0.3 is 9.84 Å². The molecule has 0 aliphatic carbocycles. The first kappa shape index (κ1) is 10.1. The first-order valence-corrected chi connectivity index (χ1v) is 5.91. The van der Waals surface area contributed by atoms with Crippen LogP contribution in [0.25, 0.3) is 0 Å². The van der Waals surface area contributed by atoms with E-state index < -0.39 is 0 Å². The van der Waals surface area contributed by atoms with E-state index in [1.807, 2.05) is 0 Å². The van der Waals surface area contributed by atoms with Crippen LogP contribution in [0.3, 0.4) is 0 Å². The minimum Gasteiger partial charge on any atom is -0.393 e. The molecule has 14 heavy (non-hydrogen) atoms. The third-order valence-corrected chi connectivity index (χ3v) is 3.69. The molecule has 1 N–H and O–H groups in total. The SMILES string of the molecule is Cc1cc(CC2(CO)CCCO2)cs1. The van der Waals surface area contributed by atoms with Crippen molar-refractivity contribution in [1.29, 1.82) is 0 Å². The van der Waals surface area contributed by atoms with Crippen LogP contribution >= 0.6 is 11.3 Å². The zero-order valence-electron chi connectivity index (χ0n) is 8.45. The van der Waals surface area contributed by atoms with Crippen molar-refractivity contribution in [2.75, 3.05) is 13.2 Å². The monoisotopic (exact) mass is 212 g/mol. The highest BCUT2D eigenvalue weighted by atomic mass is 32.1. The van der Waals surface area contributed by atoms with Crippen LogP contribution in [0.2, 0.25) is 0 Å². The summed E-state index contributed by atoms with van der Waals surface area (Å²) < 4.78 is 5.66. The van der Waals surface area contributed by atoms with Gasteiger partial charge in [-0.1, -0.05) is 0 Å². The second-order valence-corrected chi connectivity index (χ2v) is 5.15. The van der Waals surface area contributed by atoms with Gasteiger partial charge >= 0.3 is 0 Å². The number of ether oxygens (including phenoxy) is 1. The van der Waals surface area contributed by atoms with Gasteiger partial charge in [0.2, 0.25) is 0 Å². The van der Waals surface area contributed by atoms with Gasteiger partial charge in [0.15, 0.2) is 0 Å². The number of hydrogen-bond acceptors (Lipinski definition) is 3. The van der Waals surface area contributed by atoms with Crippen molar-refractivity contribution in [3.05, 3.63) is 21.9 Å². The lowest BCUT2D eigenvalue weighted by Gasteiger charge is -2.25. The number of hydrogen-bond donors (Lipinski definition) is 1. The van der Waals surface area contributed by atoms with Crippen molar-refractivity contribution in [2.24, 2.45) is 0 Å². The summed E-state index contributed by atoms with van der Waals surface area (Å²) in [5.74, 6) is 0. The summed E-state index contributed by atoms with van der Waals surface area (Å²) in [6, 6.07) is 2.18. The van der Waals surface area contributed by atoms with Gasteiger partial charge in [0.1, 0.15) is 0 Å². The van der Waals surface area contributed by atoms with Crippen LogP contribution in [0, 0.1) is 6.92 Å². The predicted molar refractivity (Wildman–Crippen MR) is 57.8 cm³/mol. The number of rotatable bonds is 3. The average molecular weight is 212 g/mol. The molecule has 1 unspecified atom stereocenters. The maximum absolute atomic E-state index is 9.36. The lowest BCUT2D eigenvalue weighted by molar-refractivity contribution is -0.0376. The number of aliphatic hydroxyl groups excluding tert-OH is 1. The van der Waals surface area contributed by atoms with E-state index in [1.165, 1.54) is 10.4 Å². The van der Waals surface area contributed by atoms with Gasteiger partial charge in [0.25, 0.3) is 0 Å². The summed E-state index contributed by atoms with van der Waals surface area (Å²) in [6.45, 7) is 3.04. The molecule has 78 valence electrons. The largest absolute Gasteiger partial charge is 0.393 e. The van der Waals surface area contributed by atoms with Gasteiger partial charge in [0.05, 0.1) is 12.2 Å². The van der Waals surface area contributed by atoms with E-state index in [9.17, 15) is 5.11 Å². The Bertz CT molecular complexity index is 300. The summed E-state index contributed by atoms with van der Waals surface area (Å²) in [4.78, 5) is 1.33. The average Bonchev–Trinajstić information content (AvgIpc) is 2.77. The summed E-state index contributed by atoms with van der Waals surface area (Å²) in [5.41, 5.74) is 1.01. The van der Waals surface area contributed by atoms with Crippen molar-refractivity contribution >= 4 is 11.3 Å². The van der Waals surface area contributed by atoms with Crippen LogP contribution in [-0.4, -0.2) is 23.9 Å². The first-order valence-electron chi connectivity index (χ1n) is 5.03. The molecule has 0 bridgehead atoms. The molecule has 1 aromatic heterocycles. The lowest BCUT2D eigenvalue weighted by Crippen LogP contribution is -2.34. The molecular weight excluding hydrogens is 196 g/mol.